The molecule has 1 N–H and O–H groups in total. The predicted octanol–water partition coefficient (Wildman–Crippen LogP) is 2.72. The third-order valence-electron chi connectivity index (χ3n) is 5.99. The summed E-state index contributed by atoms with van der Waals surface area (Å²) in [6.07, 6.45) is 10.3. The van der Waals surface area contributed by atoms with Crippen LogP contribution in [0.2, 0.25) is 0 Å². The van der Waals surface area contributed by atoms with Crippen LogP contribution in [0.15, 0.2) is 49.1 Å². The number of morpholine rings is 1. The fourth-order valence-electron chi connectivity index (χ4n) is 4.51. The number of hydrogen-bond acceptors (Lipinski definition) is 7. The topological polar surface area (TPSA) is 85.9 Å². The summed E-state index contributed by atoms with van der Waals surface area (Å²) in [6.45, 7) is 2.60. The van der Waals surface area contributed by atoms with Crippen LogP contribution in [0, 0.1) is 0 Å². The van der Waals surface area contributed by atoms with Crippen molar-refractivity contribution < 1.29 is 4.74 Å². The molecule has 0 saturated carbocycles. The smallest absolute Gasteiger partial charge is 0.229 e. The monoisotopic (exact) mass is 416 g/mol. The van der Waals surface area contributed by atoms with E-state index < -0.39 is 0 Å². The Balaban J connectivity index is 1.24. The molecule has 3 aromatic heterocycles. The molecule has 2 bridgehead atoms. The van der Waals surface area contributed by atoms with Gasteiger partial charge in [-0.1, -0.05) is 12.1 Å². The first-order valence-electron chi connectivity index (χ1n) is 10.6. The van der Waals surface area contributed by atoms with Gasteiger partial charge in [0.2, 0.25) is 5.95 Å². The molecule has 0 aliphatic carbocycles. The summed E-state index contributed by atoms with van der Waals surface area (Å²) in [5, 5.41) is 12.8. The molecule has 1 aromatic carbocycles. The van der Waals surface area contributed by atoms with Gasteiger partial charge in [0.1, 0.15) is 0 Å². The Morgan fingerprint density at radius 3 is 2.77 bits per heavy atom. The molecule has 2 atom stereocenters. The van der Waals surface area contributed by atoms with E-state index in [2.05, 4.69) is 49.7 Å². The molecule has 0 spiro atoms. The summed E-state index contributed by atoms with van der Waals surface area (Å²) < 4.78 is 9.64. The minimum absolute atomic E-state index is 0.375. The first-order chi connectivity index (χ1) is 15.2. The number of benzene rings is 1. The van der Waals surface area contributed by atoms with Gasteiger partial charge in [-0.3, -0.25) is 4.68 Å². The second kappa shape index (κ2) is 7.35. The van der Waals surface area contributed by atoms with Gasteiger partial charge in [-0.05, 0) is 30.5 Å². The molecular weight excluding hydrogens is 392 g/mol. The lowest BCUT2D eigenvalue weighted by molar-refractivity contribution is 0.0305. The van der Waals surface area contributed by atoms with E-state index in [0.29, 0.717) is 24.7 Å². The maximum absolute atomic E-state index is 5.99. The molecule has 2 unspecified atom stereocenters. The largest absolute Gasteiger partial charge is 0.371 e. The zero-order valence-corrected chi connectivity index (χ0v) is 17.3. The lowest BCUT2D eigenvalue weighted by atomic mass is 10.1. The van der Waals surface area contributed by atoms with Crippen molar-refractivity contribution in [3.63, 3.8) is 0 Å². The molecule has 2 aliphatic heterocycles. The summed E-state index contributed by atoms with van der Waals surface area (Å²) >= 11 is 0. The van der Waals surface area contributed by atoms with Crippen molar-refractivity contribution in [3.05, 3.63) is 54.6 Å². The number of hydrogen-bond donors (Lipinski definition) is 1. The van der Waals surface area contributed by atoms with Gasteiger partial charge in [0, 0.05) is 38.2 Å². The number of nitrogens with zero attached hydrogens (tertiary/aromatic N) is 7. The van der Waals surface area contributed by atoms with Crippen molar-refractivity contribution in [2.24, 2.45) is 7.05 Å². The molecule has 0 radical (unpaired) electrons. The van der Waals surface area contributed by atoms with Crippen molar-refractivity contribution in [1.82, 2.24) is 29.5 Å². The van der Waals surface area contributed by atoms with Crippen LogP contribution < -0.4 is 10.2 Å². The molecular formula is C22H24N8O. The lowest BCUT2D eigenvalue weighted by Gasteiger charge is -2.34. The van der Waals surface area contributed by atoms with Crippen molar-refractivity contribution in [1.29, 1.82) is 0 Å². The van der Waals surface area contributed by atoms with Gasteiger partial charge in [0.15, 0.2) is 5.65 Å². The van der Waals surface area contributed by atoms with E-state index in [1.54, 1.807) is 17.1 Å². The van der Waals surface area contributed by atoms with Gasteiger partial charge in [-0.25, -0.2) is 9.67 Å². The van der Waals surface area contributed by atoms with Gasteiger partial charge in [-0.15, -0.1) is 0 Å². The molecule has 31 heavy (non-hydrogen) atoms. The van der Waals surface area contributed by atoms with Gasteiger partial charge >= 0.3 is 0 Å². The van der Waals surface area contributed by atoms with Crippen LogP contribution in [0.3, 0.4) is 0 Å². The molecule has 9 nitrogen and oxygen atoms in total. The normalized spacial score (nSPS) is 20.5. The fourth-order valence-corrected chi connectivity index (χ4v) is 4.51. The highest BCUT2D eigenvalue weighted by molar-refractivity contribution is 5.75. The number of rotatable bonds is 5. The highest BCUT2D eigenvalue weighted by atomic mass is 16.5. The maximum atomic E-state index is 5.99. The lowest BCUT2D eigenvalue weighted by Crippen LogP contribution is -2.42. The SMILES string of the molecule is Cn1cc(Nc2ncc3cnn(Cc4cccc(N5CC6CCC(C5)O6)c4)c3n2)cn1. The zero-order chi connectivity index (χ0) is 20.8. The Labute approximate surface area is 179 Å². The molecule has 9 heteroatoms. The van der Waals surface area contributed by atoms with Crippen LogP contribution >= 0.6 is 0 Å². The number of aromatic nitrogens is 6. The molecule has 5 heterocycles. The number of ether oxygens (including phenoxy) is 1. The quantitative estimate of drug-likeness (QED) is 0.535. The van der Waals surface area contributed by atoms with Crippen molar-refractivity contribution in [2.45, 2.75) is 31.6 Å². The molecule has 158 valence electrons. The summed E-state index contributed by atoms with van der Waals surface area (Å²) in [5.74, 6) is 0.528. The van der Waals surface area contributed by atoms with E-state index in [1.807, 2.05) is 24.1 Å². The zero-order valence-electron chi connectivity index (χ0n) is 17.3. The number of aryl methyl sites for hydroxylation is 1. The molecule has 2 aliphatic rings. The molecule has 2 saturated heterocycles. The highest BCUT2D eigenvalue weighted by Crippen LogP contribution is 2.30. The summed E-state index contributed by atoms with van der Waals surface area (Å²) in [4.78, 5) is 11.5. The van der Waals surface area contributed by atoms with Crippen molar-refractivity contribution in [3.8, 4) is 0 Å². The van der Waals surface area contributed by atoms with Crippen LogP contribution in [0.1, 0.15) is 18.4 Å². The van der Waals surface area contributed by atoms with E-state index in [4.69, 9.17) is 9.72 Å². The number of anilines is 3. The van der Waals surface area contributed by atoms with Crippen LogP contribution in [0.4, 0.5) is 17.3 Å². The minimum atomic E-state index is 0.375. The van der Waals surface area contributed by atoms with Gasteiger partial charge < -0.3 is 15.0 Å². The highest BCUT2D eigenvalue weighted by Gasteiger charge is 2.33. The van der Waals surface area contributed by atoms with Gasteiger partial charge in [0.25, 0.3) is 0 Å². The Kier molecular flexibility index (Phi) is 4.34. The average molecular weight is 416 g/mol. The van der Waals surface area contributed by atoms with E-state index >= 15 is 0 Å². The molecule has 6 rings (SSSR count). The van der Waals surface area contributed by atoms with E-state index in [9.17, 15) is 0 Å². The predicted molar refractivity (Wildman–Crippen MR) is 117 cm³/mol. The van der Waals surface area contributed by atoms with Crippen LogP contribution in [0.5, 0.6) is 0 Å². The third-order valence-corrected chi connectivity index (χ3v) is 5.99. The summed E-state index contributed by atoms with van der Waals surface area (Å²) in [6, 6.07) is 8.71. The van der Waals surface area contributed by atoms with Crippen molar-refractivity contribution in [2.75, 3.05) is 23.3 Å². The first kappa shape index (κ1) is 18.3. The van der Waals surface area contributed by atoms with Crippen molar-refractivity contribution >= 4 is 28.4 Å². The standard InChI is InChI=1S/C22H24N8O/c1-28-12-17(10-24-28)26-22-23-8-16-9-25-30(21(16)27-22)11-15-3-2-4-18(7-15)29-13-19-5-6-20(14-29)31-19/h2-4,7-10,12,19-20H,5-6,11,13-14H2,1H3,(H,23,26,27). The van der Waals surface area contributed by atoms with Gasteiger partial charge in [0.05, 0.1) is 42.2 Å². The maximum Gasteiger partial charge on any atom is 0.229 e. The number of nitrogens with one attached hydrogen (secondary N) is 1. The minimum Gasteiger partial charge on any atom is -0.371 e. The summed E-state index contributed by atoms with van der Waals surface area (Å²) in [5.41, 5.74) is 4.10. The fraction of sp³-hybridized carbons (Fsp3) is 0.364. The molecule has 0 amide bonds. The second-order valence-corrected chi connectivity index (χ2v) is 8.33. The van der Waals surface area contributed by atoms with E-state index in [1.165, 1.54) is 24.1 Å². The Morgan fingerprint density at radius 1 is 1.10 bits per heavy atom. The molecule has 2 fully saturated rings. The Hall–Kier alpha value is -3.46. The van der Waals surface area contributed by atoms with E-state index in [-0.39, 0.29) is 0 Å². The second-order valence-electron chi connectivity index (χ2n) is 8.33. The van der Waals surface area contributed by atoms with Crippen LogP contribution in [-0.2, 0) is 18.3 Å². The van der Waals surface area contributed by atoms with E-state index in [0.717, 1.165) is 29.8 Å². The average Bonchev–Trinajstić information content (AvgIpc) is 3.47. The molecule has 4 aromatic rings. The summed E-state index contributed by atoms with van der Waals surface area (Å²) in [7, 11) is 1.88. The Morgan fingerprint density at radius 2 is 1.97 bits per heavy atom. The van der Waals surface area contributed by atoms with Crippen LogP contribution in [0.25, 0.3) is 11.0 Å². The first-order valence-corrected chi connectivity index (χ1v) is 10.6. The van der Waals surface area contributed by atoms with Crippen LogP contribution in [-0.4, -0.2) is 54.8 Å². The third kappa shape index (κ3) is 3.61. The van der Waals surface area contributed by atoms with Gasteiger partial charge in [-0.2, -0.15) is 15.2 Å². The Bertz CT molecular complexity index is 1220. The number of fused-ring (bicyclic) bond motifs is 3.